The summed E-state index contributed by atoms with van der Waals surface area (Å²) in [5.41, 5.74) is 0. The lowest BCUT2D eigenvalue weighted by Crippen LogP contribution is -2.40. The monoisotopic (exact) mass is 304 g/mol. The Hall–Kier alpha value is -1.87. The van der Waals surface area contributed by atoms with Crippen LogP contribution in [0.4, 0.5) is 0 Å². The molecular weight excluding hydrogens is 288 g/mol. The molecule has 1 aromatic rings. The molecule has 0 radical (unpaired) electrons. The van der Waals surface area contributed by atoms with E-state index in [2.05, 4.69) is 9.47 Å². The first-order valence-electron chi connectivity index (χ1n) is 5.57. The van der Waals surface area contributed by atoms with E-state index >= 15 is 0 Å². The lowest BCUT2D eigenvalue weighted by molar-refractivity contribution is -0.143. The van der Waals surface area contributed by atoms with Gasteiger partial charge in [-0.3, -0.25) is 9.59 Å². The predicted octanol–water partition coefficient (Wildman–Crippen LogP) is -0.638. The van der Waals surface area contributed by atoms with Crippen molar-refractivity contribution in [3.05, 3.63) is 18.5 Å². The quantitative estimate of drug-likeness (QED) is 0.649. The largest absolute Gasteiger partial charge is 0.468 e. The highest BCUT2D eigenvalue weighted by molar-refractivity contribution is 7.89. The van der Waals surface area contributed by atoms with Gasteiger partial charge in [0.05, 0.1) is 19.1 Å². The maximum Gasteiger partial charge on any atom is 0.321 e. The summed E-state index contributed by atoms with van der Waals surface area (Å²) >= 11 is 0. The standard InChI is InChI=1S/C11H16N2O6S/c1-12-5-4-9(6-12)20(16,17)13(7-10(14)18-2)8-11(15)19-3/h4-6H,7-8H2,1-3H3. The Kier molecular flexibility index (Phi) is 5.28. The summed E-state index contributed by atoms with van der Waals surface area (Å²) in [7, 11) is -0.0575. The van der Waals surface area contributed by atoms with E-state index in [-0.39, 0.29) is 4.90 Å². The van der Waals surface area contributed by atoms with Gasteiger partial charge in [0.1, 0.15) is 13.1 Å². The van der Waals surface area contributed by atoms with Crippen molar-refractivity contribution in [1.29, 1.82) is 0 Å². The van der Waals surface area contributed by atoms with Crippen LogP contribution < -0.4 is 0 Å². The van der Waals surface area contributed by atoms with Crippen molar-refractivity contribution in [3.63, 3.8) is 0 Å². The van der Waals surface area contributed by atoms with Gasteiger partial charge in [-0.05, 0) is 6.07 Å². The summed E-state index contributed by atoms with van der Waals surface area (Å²) in [6.45, 7) is -1.13. The van der Waals surface area contributed by atoms with Crippen LogP contribution in [0.25, 0.3) is 0 Å². The molecule has 1 heterocycles. The van der Waals surface area contributed by atoms with Gasteiger partial charge in [-0.25, -0.2) is 8.42 Å². The van der Waals surface area contributed by atoms with Crippen LogP contribution in [0.3, 0.4) is 0 Å². The van der Waals surface area contributed by atoms with Crippen LogP contribution in [-0.2, 0) is 36.1 Å². The van der Waals surface area contributed by atoms with Crippen molar-refractivity contribution in [1.82, 2.24) is 8.87 Å². The molecule has 1 aromatic heterocycles. The molecule has 0 atom stereocenters. The Morgan fingerprint density at radius 2 is 1.70 bits per heavy atom. The second-order valence-electron chi connectivity index (χ2n) is 3.94. The molecule has 0 saturated heterocycles. The van der Waals surface area contributed by atoms with Crippen molar-refractivity contribution in [2.75, 3.05) is 27.3 Å². The molecule has 9 heteroatoms. The number of rotatable bonds is 6. The number of carbonyl (C=O) groups is 2. The molecule has 0 aliphatic heterocycles. The number of esters is 2. The molecule has 0 bridgehead atoms. The lowest BCUT2D eigenvalue weighted by atomic mass is 10.6. The highest BCUT2D eigenvalue weighted by atomic mass is 32.2. The van der Waals surface area contributed by atoms with Crippen LogP contribution in [0.15, 0.2) is 23.4 Å². The summed E-state index contributed by atoms with van der Waals surface area (Å²) in [5, 5.41) is 0. The van der Waals surface area contributed by atoms with E-state index in [1.54, 1.807) is 17.8 Å². The van der Waals surface area contributed by atoms with Gasteiger partial charge in [-0.1, -0.05) is 0 Å². The minimum atomic E-state index is -3.98. The summed E-state index contributed by atoms with van der Waals surface area (Å²) in [5.74, 6) is -1.54. The SMILES string of the molecule is COC(=O)CN(CC(=O)OC)S(=O)(=O)c1ccn(C)c1. The molecule has 0 unspecified atom stereocenters. The third-order valence-corrected chi connectivity index (χ3v) is 4.28. The molecule has 8 nitrogen and oxygen atoms in total. The molecule has 0 aliphatic rings. The molecule has 0 saturated carbocycles. The third kappa shape index (κ3) is 3.81. The summed E-state index contributed by atoms with van der Waals surface area (Å²) in [6, 6.07) is 1.37. The second kappa shape index (κ2) is 6.53. The molecule has 1 rings (SSSR count). The van der Waals surface area contributed by atoms with Crippen molar-refractivity contribution in [2.24, 2.45) is 7.05 Å². The number of hydrogen-bond donors (Lipinski definition) is 0. The fraction of sp³-hybridized carbons (Fsp3) is 0.455. The minimum Gasteiger partial charge on any atom is -0.468 e. The maximum atomic E-state index is 12.3. The van der Waals surface area contributed by atoms with Crippen LogP contribution in [0.5, 0.6) is 0 Å². The van der Waals surface area contributed by atoms with Gasteiger partial charge in [-0.2, -0.15) is 4.31 Å². The molecule has 20 heavy (non-hydrogen) atoms. The molecular formula is C11H16N2O6S. The number of methoxy groups -OCH3 is 2. The highest BCUT2D eigenvalue weighted by Gasteiger charge is 2.29. The Morgan fingerprint density at radius 1 is 1.20 bits per heavy atom. The molecule has 0 fully saturated rings. The average Bonchev–Trinajstić information content (AvgIpc) is 2.84. The predicted molar refractivity (Wildman–Crippen MR) is 68.2 cm³/mol. The van der Waals surface area contributed by atoms with E-state index in [4.69, 9.17) is 0 Å². The number of hydrogen-bond acceptors (Lipinski definition) is 6. The van der Waals surface area contributed by atoms with E-state index in [0.717, 1.165) is 14.2 Å². The Balaban J connectivity index is 3.07. The normalized spacial score (nSPS) is 11.4. The molecule has 0 N–H and O–H groups in total. The Morgan fingerprint density at radius 3 is 2.05 bits per heavy atom. The zero-order chi connectivity index (χ0) is 15.3. The van der Waals surface area contributed by atoms with Crippen molar-refractivity contribution < 1.29 is 27.5 Å². The van der Waals surface area contributed by atoms with Gasteiger partial charge in [0.2, 0.25) is 10.0 Å². The van der Waals surface area contributed by atoms with E-state index in [1.807, 2.05) is 0 Å². The number of aromatic nitrogens is 1. The first kappa shape index (κ1) is 16.2. The molecule has 0 aromatic carbocycles. The summed E-state index contributed by atoms with van der Waals surface area (Å²) in [4.78, 5) is 22.6. The van der Waals surface area contributed by atoms with E-state index in [1.165, 1.54) is 12.3 Å². The van der Waals surface area contributed by atoms with Gasteiger partial charge in [0, 0.05) is 19.4 Å². The Labute approximate surface area is 116 Å². The van der Waals surface area contributed by atoms with Crippen LogP contribution in [0, 0.1) is 0 Å². The van der Waals surface area contributed by atoms with Gasteiger partial charge < -0.3 is 14.0 Å². The third-order valence-electron chi connectivity index (χ3n) is 2.51. The maximum absolute atomic E-state index is 12.3. The Bertz CT molecular complexity index is 574. The number of nitrogens with zero attached hydrogens (tertiary/aromatic N) is 2. The lowest BCUT2D eigenvalue weighted by Gasteiger charge is -2.18. The average molecular weight is 304 g/mol. The summed E-state index contributed by atoms with van der Waals surface area (Å²) < 4.78 is 35.8. The van der Waals surface area contributed by atoms with E-state index in [9.17, 15) is 18.0 Å². The van der Waals surface area contributed by atoms with Crippen LogP contribution in [0.1, 0.15) is 0 Å². The number of sulfonamides is 1. The first-order chi connectivity index (χ1) is 9.31. The smallest absolute Gasteiger partial charge is 0.321 e. The van der Waals surface area contributed by atoms with Crippen LogP contribution in [-0.4, -0.2) is 56.5 Å². The topological polar surface area (TPSA) is 94.9 Å². The van der Waals surface area contributed by atoms with Gasteiger partial charge in [0.25, 0.3) is 0 Å². The minimum absolute atomic E-state index is 0.0205. The molecule has 0 aliphatic carbocycles. The number of carbonyl (C=O) groups excluding carboxylic acids is 2. The van der Waals surface area contributed by atoms with Gasteiger partial charge in [0.15, 0.2) is 0 Å². The van der Waals surface area contributed by atoms with Crippen LogP contribution in [0.2, 0.25) is 0 Å². The van der Waals surface area contributed by atoms with Gasteiger partial charge >= 0.3 is 11.9 Å². The molecule has 0 amide bonds. The van der Waals surface area contributed by atoms with Crippen molar-refractivity contribution in [3.8, 4) is 0 Å². The van der Waals surface area contributed by atoms with Crippen molar-refractivity contribution >= 4 is 22.0 Å². The zero-order valence-electron chi connectivity index (χ0n) is 11.4. The number of aryl methyl sites for hydroxylation is 1. The fourth-order valence-electron chi connectivity index (χ4n) is 1.42. The number of ether oxygens (including phenoxy) is 2. The highest BCUT2D eigenvalue weighted by Crippen LogP contribution is 2.15. The van der Waals surface area contributed by atoms with E-state index in [0.29, 0.717) is 4.31 Å². The molecule has 0 spiro atoms. The summed E-state index contributed by atoms with van der Waals surface area (Å²) in [6.07, 6.45) is 2.91. The molecule has 112 valence electrons. The first-order valence-corrected chi connectivity index (χ1v) is 7.01. The van der Waals surface area contributed by atoms with E-state index < -0.39 is 35.1 Å². The van der Waals surface area contributed by atoms with Gasteiger partial charge in [-0.15, -0.1) is 0 Å². The van der Waals surface area contributed by atoms with Crippen molar-refractivity contribution in [2.45, 2.75) is 4.90 Å². The zero-order valence-corrected chi connectivity index (χ0v) is 12.2. The second-order valence-corrected chi connectivity index (χ2v) is 5.88. The van der Waals surface area contributed by atoms with Crippen LogP contribution >= 0.6 is 0 Å². The fourth-order valence-corrected chi connectivity index (χ4v) is 2.80.